The molecule has 4 rings (SSSR count). The van der Waals surface area contributed by atoms with Gasteiger partial charge in [0, 0.05) is 48.0 Å². The van der Waals surface area contributed by atoms with Crippen LogP contribution in [0.5, 0.6) is 0 Å². The average molecular weight is 364 g/mol. The van der Waals surface area contributed by atoms with Crippen LogP contribution in [0.2, 0.25) is 0 Å². The lowest BCUT2D eigenvalue weighted by Gasteiger charge is -2.36. The highest BCUT2D eigenvalue weighted by molar-refractivity contribution is 6.15. The molecule has 0 spiro atoms. The van der Waals surface area contributed by atoms with Crippen LogP contribution < -0.4 is 11.1 Å². The van der Waals surface area contributed by atoms with E-state index in [1.165, 1.54) is 10.9 Å². The fraction of sp³-hybridized carbons (Fsp3) is 0.409. The number of hydrogen-bond donors (Lipinski definition) is 2. The molecular weight excluding hydrogens is 336 g/mol. The van der Waals surface area contributed by atoms with Crippen molar-refractivity contribution in [3.8, 4) is 0 Å². The number of fused-ring (bicyclic) bond motifs is 3. The molecule has 2 unspecified atom stereocenters. The Morgan fingerprint density at radius 3 is 2.48 bits per heavy atom. The fourth-order valence-electron chi connectivity index (χ4n) is 4.62. The van der Waals surface area contributed by atoms with Crippen molar-refractivity contribution in [2.75, 3.05) is 19.6 Å². The lowest BCUT2D eigenvalue weighted by Crippen LogP contribution is -2.54. The van der Waals surface area contributed by atoms with Gasteiger partial charge in [-0.25, -0.2) is 0 Å². The van der Waals surface area contributed by atoms with E-state index in [1.54, 1.807) is 0 Å². The summed E-state index contributed by atoms with van der Waals surface area (Å²) < 4.78 is 2.28. The quantitative estimate of drug-likeness (QED) is 0.732. The number of para-hydroxylation sites is 2. The molecule has 3 aromatic rings. The molecule has 2 aromatic carbocycles. The van der Waals surface area contributed by atoms with Gasteiger partial charge in [-0.3, -0.25) is 4.79 Å². The molecule has 142 valence electrons. The molecule has 1 aliphatic rings. The highest BCUT2D eigenvalue weighted by Crippen LogP contribution is 2.31. The summed E-state index contributed by atoms with van der Waals surface area (Å²) in [6.07, 6.45) is 1.04. The van der Waals surface area contributed by atoms with Crippen molar-refractivity contribution in [3.63, 3.8) is 0 Å². The lowest BCUT2D eigenvalue weighted by molar-refractivity contribution is 0.100. The van der Waals surface area contributed by atoms with E-state index in [0.717, 1.165) is 43.5 Å². The molecule has 0 bridgehead atoms. The Kier molecular flexibility index (Phi) is 4.89. The number of piperazine rings is 1. The second-order valence-corrected chi connectivity index (χ2v) is 7.82. The van der Waals surface area contributed by atoms with E-state index in [0.29, 0.717) is 17.6 Å². The van der Waals surface area contributed by atoms with Crippen molar-refractivity contribution in [2.24, 2.45) is 5.73 Å². The predicted octanol–water partition coefficient (Wildman–Crippen LogP) is 2.97. The molecule has 2 heterocycles. The number of nitrogens with zero attached hydrogens (tertiary/aromatic N) is 2. The van der Waals surface area contributed by atoms with Crippen LogP contribution >= 0.6 is 0 Å². The molecule has 5 heteroatoms. The first-order valence-electron chi connectivity index (χ1n) is 9.82. The molecule has 1 fully saturated rings. The monoisotopic (exact) mass is 364 g/mol. The summed E-state index contributed by atoms with van der Waals surface area (Å²) >= 11 is 0. The van der Waals surface area contributed by atoms with Crippen molar-refractivity contribution >= 4 is 27.7 Å². The van der Waals surface area contributed by atoms with Gasteiger partial charge in [0.2, 0.25) is 0 Å². The Balaban J connectivity index is 1.65. The van der Waals surface area contributed by atoms with Crippen LogP contribution in [-0.4, -0.2) is 47.1 Å². The number of nitrogens with two attached hydrogens (primary N) is 1. The zero-order valence-corrected chi connectivity index (χ0v) is 16.1. The van der Waals surface area contributed by atoms with Gasteiger partial charge in [0.25, 0.3) is 5.91 Å². The van der Waals surface area contributed by atoms with Crippen LogP contribution in [0.1, 0.15) is 30.6 Å². The number of nitrogens with one attached hydrogen (secondary N) is 1. The largest absolute Gasteiger partial charge is 0.366 e. The number of rotatable bonds is 5. The second kappa shape index (κ2) is 7.33. The molecule has 0 saturated carbocycles. The van der Waals surface area contributed by atoms with Crippen molar-refractivity contribution in [1.29, 1.82) is 0 Å². The summed E-state index contributed by atoms with van der Waals surface area (Å²) in [6, 6.07) is 15.3. The van der Waals surface area contributed by atoms with E-state index in [4.69, 9.17) is 5.73 Å². The standard InChI is InChI=1S/C22H28N4O/c1-15-13-25(14-16(2)24-15)11-6-12-26-20-10-4-3-7-17(20)18-8-5-9-19(21(18)26)22(23)27/h3-5,7-10,15-16,24H,6,11-14H2,1-2H3,(H2,23,27). The lowest BCUT2D eigenvalue weighted by atomic mass is 10.1. The normalized spacial score (nSPS) is 21.1. The second-order valence-electron chi connectivity index (χ2n) is 7.82. The van der Waals surface area contributed by atoms with Gasteiger partial charge in [-0.15, -0.1) is 0 Å². The smallest absolute Gasteiger partial charge is 0.250 e. The van der Waals surface area contributed by atoms with Crippen molar-refractivity contribution in [2.45, 2.75) is 38.9 Å². The first kappa shape index (κ1) is 18.0. The molecular formula is C22H28N4O. The molecule has 1 aromatic heterocycles. The third-order valence-electron chi connectivity index (χ3n) is 5.55. The number of benzene rings is 2. The maximum atomic E-state index is 12.0. The number of amides is 1. The van der Waals surface area contributed by atoms with Gasteiger partial charge in [0.15, 0.2) is 0 Å². The molecule has 1 aliphatic heterocycles. The molecule has 0 aliphatic carbocycles. The van der Waals surface area contributed by atoms with Crippen LogP contribution in [0.15, 0.2) is 42.5 Å². The third-order valence-corrected chi connectivity index (χ3v) is 5.55. The Hall–Kier alpha value is -2.37. The van der Waals surface area contributed by atoms with E-state index in [1.807, 2.05) is 18.2 Å². The number of aryl methyl sites for hydroxylation is 1. The van der Waals surface area contributed by atoms with E-state index >= 15 is 0 Å². The summed E-state index contributed by atoms with van der Waals surface area (Å²) in [5.41, 5.74) is 8.42. The first-order valence-corrected chi connectivity index (χ1v) is 9.82. The minimum atomic E-state index is -0.366. The molecule has 1 saturated heterocycles. The molecule has 5 nitrogen and oxygen atoms in total. The van der Waals surface area contributed by atoms with Gasteiger partial charge < -0.3 is 20.5 Å². The van der Waals surface area contributed by atoms with E-state index in [2.05, 4.69) is 52.9 Å². The maximum Gasteiger partial charge on any atom is 0.250 e. The molecule has 3 N–H and O–H groups in total. The fourth-order valence-corrected chi connectivity index (χ4v) is 4.62. The number of hydrogen-bond acceptors (Lipinski definition) is 3. The highest BCUT2D eigenvalue weighted by Gasteiger charge is 2.21. The SMILES string of the molecule is CC1CN(CCCn2c3ccccc3c3cccc(C(N)=O)c32)CC(C)N1. The minimum absolute atomic E-state index is 0.366. The summed E-state index contributed by atoms with van der Waals surface area (Å²) in [5.74, 6) is -0.366. The van der Waals surface area contributed by atoms with Crippen molar-refractivity contribution in [1.82, 2.24) is 14.8 Å². The predicted molar refractivity (Wildman–Crippen MR) is 111 cm³/mol. The Bertz CT molecular complexity index is 967. The van der Waals surface area contributed by atoms with E-state index in [-0.39, 0.29) is 5.91 Å². The molecule has 2 atom stereocenters. The summed E-state index contributed by atoms with van der Waals surface area (Å²) in [6.45, 7) is 8.60. The van der Waals surface area contributed by atoms with Gasteiger partial charge >= 0.3 is 0 Å². The van der Waals surface area contributed by atoms with Gasteiger partial charge in [-0.05, 0) is 38.9 Å². The average Bonchev–Trinajstić information content (AvgIpc) is 2.95. The number of primary amides is 1. The van der Waals surface area contributed by atoms with Crippen LogP contribution in [0.3, 0.4) is 0 Å². The van der Waals surface area contributed by atoms with Gasteiger partial charge in [0.05, 0.1) is 11.1 Å². The summed E-state index contributed by atoms with van der Waals surface area (Å²) in [5, 5.41) is 5.87. The van der Waals surface area contributed by atoms with Crippen LogP contribution in [0.4, 0.5) is 0 Å². The van der Waals surface area contributed by atoms with Crippen molar-refractivity contribution < 1.29 is 4.79 Å². The number of carbonyl (C=O) groups excluding carboxylic acids is 1. The number of aromatic nitrogens is 1. The Labute approximate surface area is 160 Å². The van der Waals surface area contributed by atoms with E-state index in [9.17, 15) is 4.79 Å². The van der Waals surface area contributed by atoms with Crippen LogP contribution in [-0.2, 0) is 6.54 Å². The van der Waals surface area contributed by atoms with E-state index < -0.39 is 0 Å². The third kappa shape index (κ3) is 3.45. The van der Waals surface area contributed by atoms with Crippen LogP contribution in [0.25, 0.3) is 21.8 Å². The zero-order valence-electron chi connectivity index (χ0n) is 16.1. The number of carbonyl (C=O) groups is 1. The first-order chi connectivity index (χ1) is 13.0. The van der Waals surface area contributed by atoms with Gasteiger partial charge in [-0.2, -0.15) is 0 Å². The zero-order chi connectivity index (χ0) is 19.0. The summed E-state index contributed by atoms with van der Waals surface area (Å²) in [4.78, 5) is 14.6. The Morgan fingerprint density at radius 1 is 1.04 bits per heavy atom. The molecule has 27 heavy (non-hydrogen) atoms. The van der Waals surface area contributed by atoms with Crippen molar-refractivity contribution in [3.05, 3.63) is 48.0 Å². The van der Waals surface area contributed by atoms with Gasteiger partial charge in [-0.1, -0.05) is 30.3 Å². The highest BCUT2D eigenvalue weighted by atomic mass is 16.1. The van der Waals surface area contributed by atoms with Gasteiger partial charge in [0.1, 0.15) is 0 Å². The van der Waals surface area contributed by atoms with Crippen LogP contribution in [0, 0.1) is 0 Å². The topological polar surface area (TPSA) is 63.3 Å². The molecule has 1 amide bonds. The summed E-state index contributed by atoms with van der Waals surface area (Å²) in [7, 11) is 0. The Morgan fingerprint density at radius 2 is 1.74 bits per heavy atom. The maximum absolute atomic E-state index is 12.0. The molecule has 0 radical (unpaired) electrons. The minimum Gasteiger partial charge on any atom is -0.366 e.